The van der Waals surface area contributed by atoms with Gasteiger partial charge in [0.25, 0.3) is 0 Å². The number of hydrogen-bond donors (Lipinski definition) is 1. The summed E-state index contributed by atoms with van der Waals surface area (Å²) in [6, 6.07) is 3.03. The molecule has 1 unspecified atom stereocenters. The predicted octanol–water partition coefficient (Wildman–Crippen LogP) is 6.41. The lowest BCUT2D eigenvalue weighted by Gasteiger charge is -2.15. The Morgan fingerprint density at radius 3 is 2.33 bits per heavy atom. The van der Waals surface area contributed by atoms with Crippen molar-refractivity contribution in [1.82, 2.24) is 5.32 Å². The molecule has 0 amide bonds. The third-order valence-electron chi connectivity index (χ3n) is 5.59. The number of allylic oxidation sites excluding steroid dienone is 1. The van der Waals surface area contributed by atoms with Gasteiger partial charge in [0.2, 0.25) is 0 Å². The summed E-state index contributed by atoms with van der Waals surface area (Å²) in [5.74, 6) is -0.211. The van der Waals surface area contributed by atoms with Gasteiger partial charge in [-0.15, -0.1) is 0 Å². The number of unbranched alkanes of at least 4 members (excludes halogenated alkanes) is 1. The minimum atomic E-state index is -0.396. The molecule has 3 nitrogen and oxygen atoms in total. The first-order valence-corrected chi connectivity index (χ1v) is 11.5. The van der Waals surface area contributed by atoms with Gasteiger partial charge in [0.15, 0.2) is 0 Å². The second kappa shape index (κ2) is 14.1. The molecular weight excluding hydrogens is 380 g/mol. The van der Waals surface area contributed by atoms with Crippen molar-refractivity contribution >= 4 is 12.6 Å². The number of benzene rings is 1. The molecule has 1 aromatic rings. The summed E-state index contributed by atoms with van der Waals surface area (Å²) < 4.78 is 28.2. The van der Waals surface area contributed by atoms with E-state index in [9.17, 15) is 8.78 Å². The Labute approximate surface area is 180 Å². The number of nitrogens with one attached hydrogen (secondary N) is 1. The van der Waals surface area contributed by atoms with Gasteiger partial charge in [-0.3, -0.25) is 9.98 Å². The maximum absolute atomic E-state index is 14.1. The molecule has 1 heterocycles. The van der Waals surface area contributed by atoms with Crippen LogP contribution in [0.3, 0.4) is 0 Å². The maximum atomic E-state index is 14.1. The molecule has 1 aliphatic heterocycles. The Morgan fingerprint density at radius 2 is 1.63 bits per heavy atom. The van der Waals surface area contributed by atoms with E-state index in [1.54, 1.807) is 6.34 Å². The van der Waals surface area contributed by atoms with Gasteiger partial charge in [-0.05, 0) is 67.7 Å². The molecule has 0 aliphatic carbocycles. The zero-order chi connectivity index (χ0) is 21.6. The molecule has 2 rings (SSSR count). The molecule has 0 aromatic heterocycles. The normalized spacial score (nSPS) is 17.7. The molecule has 1 aliphatic rings. The Bertz CT molecular complexity index is 702. The maximum Gasteiger partial charge on any atom is 0.129 e. The molecular formula is C25H37F2N3. The van der Waals surface area contributed by atoms with Crippen molar-refractivity contribution in [2.75, 3.05) is 13.1 Å². The lowest BCUT2D eigenvalue weighted by molar-refractivity contribution is 0.413. The lowest BCUT2D eigenvalue weighted by Crippen LogP contribution is -2.09. The Morgan fingerprint density at radius 1 is 0.933 bits per heavy atom. The topological polar surface area (TPSA) is 36.8 Å². The van der Waals surface area contributed by atoms with Crippen LogP contribution in [0, 0.1) is 17.6 Å². The van der Waals surface area contributed by atoms with Crippen LogP contribution in [0.4, 0.5) is 8.78 Å². The van der Waals surface area contributed by atoms with E-state index in [0.717, 1.165) is 76.4 Å². The number of hydrogen-bond acceptors (Lipinski definition) is 3. The molecule has 0 fully saturated rings. The van der Waals surface area contributed by atoms with Gasteiger partial charge in [0, 0.05) is 31.1 Å². The Balaban J connectivity index is 1.81. The highest BCUT2D eigenvalue weighted by molar-refractivity contribution is 5.79. The van der Waals surface area contributed by atoms with Gasteiger partial charge < -0.3 is 5.32 Å². The highest BCUT2D eigenvalue weighted by atomic mass is 19.1. The van der Waals surface area contributed by atoms with Crippen molar-refractivity contribution in [3.8, 4) is 0 Å². The van der Waals surface area contributed by atoms with Crippen LogP contribution in [0.1, 0.15) is 76.3 Å². The van der Waals surface area contributed by atoms with E-state index in [0.29, 0.717) is 12.3 Å². The molecule has 30 heavy (non-hydrogen) atoms. The minimum Gasteiger partial charge on any atom is -0.353 e. The Kier molecular flexibility index (Phi) is 11.3. The molecule has 0 radical (unpaired) electrons. The minimum absolute atomic E-state index is 0.224. The summed E-state index contributed by atoms with van der Waals surface area (Å²) in [6.45, 7) is 5.75. The smallest absolute Gasteiger partial charge is 0.129 e. The number of rotatable bonds is 9. The number of halogens is 2. The second-order valence-corrected chi connectivity index (χ2v) is 8.18. The highest BCUT2D eigenvalue weighted by Gasteiger charge is 2.11. The molecule has 0 bridgehead atoms. The van der Waals surface area contributed by atoms with E-state index in [-0.39, 0.29) is 5.56 Å². The van der Waals surface area contributed by atoms with Crippen molar-refractivity contribution in [2.24, 2.45) is 15.9 Å². The van der Waals surface area contributed by atoms with Crippen LogP contribution in [0.15, 0.2) is 33.9 Å². The first kappa shape index (κ1) is 24.2. The van der Waals surface area contributed by atoms with Gasteiger partial charge in [-0.2, -0.15) is 0 Å². The van der Waals surface area contributed by atoms with Gasteiger partial charge in [-0.1, -0.05) is 39.5 Å². The van der Waals surface area contributed by atoms with Crippen LogP contribution < -0.4 is 5.32 Å². The number of nitrogens with zero attached hydrogens (tertiary/aromatic N) is 2. The first-order valence-electron chi connectivity index (χ1n) is 11.5. The second-order valence-electron chi connectivity index (χ2n) is 8.18. The molecule has 5 heteroatoms. The van der Waals surface area contributed by atoms with Gasteiger partial charge in [0.1, 0.15) is 11.6 Å². The lowest BCUT2D eigenvalue weighted by atomic mass is 9.93. The van der Waals surface area contributed by atoms with Crippen molar-refractivity contribution < 1.29 is 8.78 Å². The third kappa shape index (κ3) is 8.76. The largest absolute Gasteiger partial charge is 0.353 e. The molecule has 0 saturated carbocycles. The van der Waals surface area contributed by atoms with Gasteiger partial charge >= 0.3 is 0 Å². The van der Waals surface area contributed by atoms with Crippen molar-refractivity contribution in [1.29, 1.82) is 0 Å². The summed E-state index contributed by atoms with van der Waals surface area (Å²) in [5.41, 5.74) is 2.19. The third-order valence-corrected chi connectivity index (χ3v) is 5.59. The van der Waals surface area contributed by atoms with Crippen LogP contribution >= 0.6 is 0 Å². The fourth-order valence-corrected chi connectivity index (χ4v) is 3.90. The SMILES string of the molecule is CCCC1=CNC=NCCC(CCCCc2cc(F)c(CCC)c(F)c2)CCN=C1. The molecule has 1 atom stereocenters. The van der Waals surface area contributed by atoms with E-state index >= 15 is 0 Å². The van der Waals surface area contributed by atoms with Gasteiger partial charge in [-0.25, -0.2) is 8.78 Å². The zero-order valence-corrected chi connectivity index (χ0v) is 18.6. The quantitative estimate of drug-likeness (QED) is 0.463. The molecule has 1 N–H and O–H groups in total. The monoisotopic (exact) mass is 417 g/mol. The van der Waals surface area contributed by atoms with Crippen LogP contribution in [0.5, 0.6) is 0 Å². The standard InChI is InChI=1S/C25H37F2N3/c1-3-7-22-17-28-13-11-20(12-14-29-19-30-18-22)9-5-6-10-21-15-24(26)23(8-4-2)25(27)16-21/h15-20H,3-14H2,1-2H3,(H,29,30). The van der Waals surface area contributed by atoms with Crippen molar-refractivity contribution in [3.63, 3.8) is 0 Å². The molecule has 0 saturated heterocycles. The predicted molar refractivity (Wildman–Crippen MR) is 123 cm³/mol. The van der Waals surface area contributed by atoms with Crippen LogP contribution in [-0.4, -0.2) is 25.6 Å². The van der Waals surface area contributed by atoms with E-state index in [1.165, 1.54) is 17.7 Å². The highest BCUT2D eigenvalue weighted by Crippen LogP contribution is 2.21. The molecule has 1 aromatic carbocycles. The summed E-state index contributed by atoms with van der Waals surface area (Å²) in [5, 5.41) is 3.14. The fraction of sp³-hybridized carbons (Fsp3) is 0.600. The molecule has 166 valence electrons. The van der Waals surface area contributed by atoms with E-state index in [2.05, 4.69) is 22.2 Å². The Hall–Kier alpha value is -2.04. The summed E-state index contributed by atoms with van der Waals surface area (Å²) in [7, 11) is 0. The first-order chi connectivity index (χ1) is 14.6. The number of aliphatic imine (C=N–C) groups is 2. The van der Waals surface area contributed by atoms with E-state index in [4.69, 9.17) is 0 Å². The van der Waals surface area contributed by atoms with Crippen LogP contribution in [0.2, 0.25) is 0 Å². The fourth-order valence-electron chi connectivity index (χ4n) is 3.90. The van der Waals surface area contributed by atoms with Crippen LogP contribution in [0.25, 0.3) is 0 Å². The van der Waals surface area contributed by atoms with E-state index in [1.807, 2.05) is 19.3 Å². The summed E-state index contributed by atoms with van der Waals surface area (Å²) >= 11 is 0. The van der Waals surface area contributed by atoms with Crippen molar-refractivity contribution in [3.05, 3.63) is 46.7 Å². The summed E-state index contributed by atoms with van der Waals surface area (Å²) in [4.78, 5) is 9.07. The van der Waals surface area contributed by atoms with Crippen LogP contribution in [-0.2, 0) is 12.8 Å². The van der Waals surface area contributed by atoms with Gasteiger partial charge in [0.05, 0.1) is 6.34 Å². The number of aryl methyl sites for hydroxylation is 1. The average molecular weight is 418 g/mol. The average Bonchev–Trinajstić information content (AvgIpc) is 2.71. The van der Waals surface area contributed by atoms with Crippen molar-refractivity contribution in [2.45, 2.75) is 78.1 Å². The summed E-state index contributed by atoms with van der Waals surface area (Å²) in [6.07, 6.45) is 15.0. The van der Waals surface area contributed by atoms with E-state index < -0.39 is 11.6 Å². The zero-order valence-electron chi connectivity index (χ0n) is 18.6. The molecule has 0 spiro atoms.